The number of methoxy groups -OCH3 is 1. The first-order valence-corrected chi connectivity index (χ1v) is 3.61. The molecule has 62 valence electrons. The number of hydrogen-bond donors (Lipinski definition) is 1. The first-order chi connectivity index (χ1) is 4.77. The van der Waals surface area contributed by atoms with E-state index < -0.39 is 0 Å². The summed E-state index contributed by atoms with van der Waals surface area (Å²) in [4.78, 5) is 2.18. The molecular weight excluding hydrogens is 128 g/mol. The molecule has 0 bridgehead atoms. The van der Waals surface area contributed by atoms with Crippen LogP contribution in [0.4, 0.5) is 0 Å². The minimum Gasteiger partial charge on any atom is -0.370 e. The van der Waals surface area contributed by atoms with Crippen LogP contribution in [0.2, 0.25) is 0 Å². The molecule has 0 spiro atoms. The Morgan fingerprint density at radius 1 is 1.40 bits per heavy atom. The second-order valence-corrected chi connectivity index (χ2v) is 2.59. The van der Waals surface area contributed by atoms with Gasteiger partial charge in [-0.1, -0.05) is 0 Å². The highest BCUT2D eigenvalue weighted by atomic mass is 16.5. The van der Waals surface area contributed by atoms with E-state index in [0.29, 0.717) is 6.73 Å². The molecule has 0 unspecified atom stereocenters. The van der Waals surface area contributed by atoms with Crippen LogP contribution < -0.4 is 5.32 Å². The number of hydrogen-bond acceptors (Lipinski definition) is 3. The molecule has 0 aliphatic heterocycles. The third kappa shape index (κ3) is 7.88. The van der Waals surface area contributed by atoms with Gasteiger partial charge in [-0.3, -0.25) is 5.32 Å². The first kappa shape index (κ1) is 9.88. The van der Waals surface area contributed by atoms with Crippen LogP contribution in [0.15, 0.2) is 0 Å². The summed E-state index contributed by atoms with van der Waals surface area (Å²) in [6, 6.07) is 0. The normalized spacial score (nSPS) is 10.8. The number of ether oxygens (including phenoxy) is 1. The quantitative estimate of drug-likeness (QED) is 0.426. The van der Waals surface area contributed by atoms with E-state index in [-0.39, 0.29) is 0 Å². The summed E-state index contributed by atoms with van der Waals surface area (Å²) in [6.07, 6.45) is 1.18. The highest BCUT2D eigenvalue weighted by Gasteiger charge is 1.88. The van der Waals surface area contributed by atoms with Gasteiger partial charge in [0.1, 0.15) is 0 Å². The summed E-state index contributed by atoms with van der Waals surface area (Å²) in [5, 5.41) is 3.14. The summed E-state index contributed by atoms with van der Waals surface area (Å²) < 4.78 is 4.82. The third-order valence-electron chi connectivity index (χ3n) is 1.21. The van der Waals surface area contributed by atoms with E-state index in [0.717, 1.165) is 13.1 Å². The van der Waals surface area contributed by atoms with Crippen LogP contribution in [-0.2, 0) is 4.74 Å². The van der Waals surface area contributed by atoms with E-state index in [1.807, 2.05) is 0 Å². The second kappa shape index (κ2) is 6.99. The molecule has 0 rings (SSSR count). The largest absolute Gasteiger partial charge is 0.370 e. The lowest BCUT2D eigenvalue weighted by Crippen LogP contribution is -2.22. The molecule has 0 amide bonds. The Morgan fingerprint density at radius 3 is 2.60 bits per heavy atom. The van der Waals surface area contributed by atoms with E-state index in [4.69, 9.17) is 4.74 Å². The average molecular weight is 146 g/mol. The molecule has 0 saturated heterocycles. The van der Waals surface area contributed by atoms with Gasteiger partial charge in [-0.25, -0.2) is 0 Å². The second-order valence-electron chi connectivity index (χ2n) is 2.59. The van der Waals surface area contributed by atoms with Crippen LogP contribution in [0, 0.1) is 0 Å². The maximum Gasteiger partial charge on any atom is 0.0961 e. The number of nitrogens with one attached hydrogen (secondary N) is 1. The zero-order chi connectivity index (χ0) is 7.82. The van der Waals surface area contributed by atoms with E-state index in [1.54, 1.807) is 7.11 Å². The fraction of sp³-hybridized carbons (Fsp3) is 1.00. The first-order valence-electron chi connectivity index (χ1n) is 3.61. The van der Waals surface area contributed by atoms with E-state index in [9.17, 15) is 0 Å². The van der Waals surface area contributed by atoms with Crippen molar-refractivity contribution in [3.05, 3.63) is 0 Å². The molecule has 0 aliphatic rings. The fourth-order valence-corrected chi connectivity index (χ4v) is 0.695. The third-order valence-corrected chi connectivity index (χ3v) is 1.21. The molecule has 0 saturated carbocycles. The molecule has 0 aromatic carbocycles. The van der Waals surface area contributed by atoms with Crippen molar-refractivity contribution in [2.24, 2.45) is 0 Å². The van der Waals surface area contributed by atoms with Gasteiger partial charge < -0.3 is 9.64 Å². The Kier molecular flexibility index (Phi) is 6.91. The maximum absolute atomic E-state index is 4.82. The topological polar surface area (TPSA) is 24.5 Å². The lowest BCUT2D eigenvalue weighted by Gasteiger charge is -2.08. The SMILES string of the molecule is COCNCCCN(C)C. The highest BCUT2D eigenvalue weighted by molar-refractivity contribution is 4.46. The van der Waals surface area contributed by atoms with Gasteiger partial charge in [-0.05, 0) is 33.6 Å². The van der Waals surface area contributed by atoms with Gasteiger partial charge in [0.15, 0.2) is 0 Å². The standard InChI is InChI=1S/C7H18N2O/c1-9(2)6-4-5-8-7-10-3/h8H,4-7H2,1-3H3. The van der Waals surface area contributed by atoms with Gasteiger partial charge >= 0.3 is 0 Å². The summed E-state index contributed by atoms with van der Waals surface area (Å²) in [6.45, 7) is 2.83. The van der Waals surface area contributed by atoms with Gasteiger partial charge in [-0.15, -0.1) is 0 Å². The van der Waals surface area contributed by atoms with Crippen LogP contribution in [-0.4, -0.2) is 45.9 Å². The highest BCUT2D eigenvalue weighted by Crippen LogP contribution is 1.79. The van der Waals surface area contributed by atoms with Crippen molar-refractivity contribution in [1.82, 2.24) is 10.2 Å². The van der Waals surface area contributed by atoms with Gasteiger partial charge in [0.05, 0.1) is 6.73 Å². The Hall–Kier alpha value is -0.120. The van der Waals surface area contributed by atoms with E-state index in [2.05, 4.69) is 24.3 Å². The fourth-order valence-electron chi connectivity index (χ4n) is 0.695. The summed E-state index contributed by atoms with van der Waals surface area (Å²) in [5.74, 6) is 0. The zero-order valence-corrected chi connectivity index (χ0v) is 7.18. The molecule has 1 N–H and O–H groups in total. The molecule has 3 heteroatoms. The lowest BCUT2D eigenvalue weighted by atomic mass is 10.4. The van der Waals surface area contributed by atoms with Crippen LogP contribution in [0.5, 0.6) is 0 Å². The van der Waals surface area contributed by atoms with Crippen molar-refractivity contribution in [1.29, 1.82) is 0 Å². The van der Waals surface area contributed by atoms with Crippen LogP contribution >= 0.6 is 0 Å². The molecule has 10 heavy (non-hydrogen) atoms. The molecule has 0 aromatic heterocycles. The monoisotopic (exact) mass is 146 g/mol. The summed E-state index contributed by atoms with van der Waals surface area (Å²) >= 11 is 0. The van der Waals surface area contributed by atoms with Crippen LogP contribution in [0.1, 0.15) is 6.42 Å². The van der Waals surface area contributed by atoms with Crippen LogP contribution in [0.25, 0.3) is 0 Å². The molecule has 0 radical (unpaired) electrons. The average Bonchev–Trinajstić information content (AvgIpc) is 1.87. The molecular formula is C7H18N2O. The Balaban J connectivity index is 2.77. The molecule has 0 aromatic rings. The van der Waals surface area contributed by atoms with Crippen molar-refractivity contribution in [2.45, 2.75) is 6.42 Å². The van der Waals surface area contributed by atoms with Crippen molar-refractivity contribution in [3.63, 3.8) is 0 Å². The maximum atomic E-state index is 4.82. The van der Waals surface area contributed by atoms with Crippen molar-refractivity contribution < 1.29 is 4.74 Å². The van der Waals surface area contributed by atoms with Crippen molar-refractivity contribution >= 4 is 0 Å². The predicted octanol–water partition coefficient (Wildman–Crippen LogP) is 0.132. The molecule has 0 aliphatic carbocycles. The smallest absolute Gasteiger partial charge is 0.0961 e. The Morgan fingerprint density at radius 2 is 2.10 bits per heavy atom. The summed E-state index contributed by atoms with van der Waals surface area (Å²) in [5.41, 5.74) is 0. The van der Waals surface area contributed by atoms with Crippen molar-refractivity contribution in [3.8, 4) is 0 Å². The summed E-state index contributed by atoms with van der Waals surface area (Å²) in [7, 11) is 5.85. The van der Waals surface area contributed by atoms with Crippen LogP contribution in [0.3, 0.4) is 0 Å². The minimum atomic E-state index is 0.660. The van der Waals surface area contributed by atoms with E-state index >= 15 is 0 Å². The Labute approximate surface area is 63.4 Å². The van der Waals surface area contributed by atoms with Gasteiger partial charge in [0.25, 0.3) is 0 Å². The molecule has 0 fully saturated rings. The van der Waals surface area contributed by atoms with E-state index in [1.165, 1.54) is 6.42 Å². The predicted molar refractivity (Wildman–Crippen MR) is 43.0 cm³/mol. The van der Waals surface area contributed by atoms with Gasteiger partial charge in [-0.2, -0.15) is 0 Å². The lowest BCUT2D eigenvalue weighted by molar-refractivity contribution is 0.174. The molecule has 3 nitrogen and oxygen atoms in total. The Bertz CT molecular complexity index is 66.6. The van der Waals surface area contributed by atoms with Crippen molar-refractivity contribution in [2.75, 3.05) is 41.0 Å². The number of rotatable bonds is 6. The van der Waals surface area contributed by atoms with Gasteiger partial charge in [0.2, 0.25) is 0 Å². The zero-order valence-electron chi connectivity index (χ0n) is 7.18. The van der Waals surface area contributed by atoms with Gasteiger partial charge in [0, 0.05) is 7.11 Å². The molecule has 0 atom stereocenters. The minimum absolute atomic E-state index is 0.660. The molecule has 0 heterocycles. The number of nitrogens with zero attached hydrogens (tertiary/aromatic N) is 1.